The Bertz CT molecular complexity index is 1680. The molecular formula is C31H27N7O3. The zero-order valence-corrected chi connectivity index (χ0v) is 22.2. The van der Waals surface area contributed by atoms with Crippen LogP contribution in [0.1, 0.15) is 65.6 Å². The summed E-state index contributed by atoms with van der Waals surface area (Å²) < 4.78 is 11.6. The van der Waals surface area contributed by atoms with E-state index < -0.39 is 6.17 Å². The Morgan fingerprint density at radius 2 is 1.66 bits per heavy atom. The normalized spacial score (nSPS) is 19.0. The Kier molecular flexibility index (Phi) is 6.49. The number of para-hydroxylation sites is 1. The molecule has 2 fully saturated rings. The second-order valence-corrected chi connectivity index (χ2v) is 10.5. The number of ether oxygens (including phenoxy) is 1. The van der Waals surface area contributed by atoms with Crippen LogP contribution >= 0.6 is 0 Å². The topological polar surface area (TPSA) is 138 Å². The van der Waals surface area contributed by atoms with Gasteiger partial charge in [0.05, 0.1) is 33.9 Å². The van der Waals surface area contributed by atoms with Gasteiger partial charge in [-0.1, -0.05) is 53.6 Å². The third-order valence-corrected chi connectivity index (χ3v) is 7.68. The second kappa shape index (κ2) is 10.6. The van der Waals surface area contributed by atoms with Gasteiger partial charge in [-0.25, -0.2) is 4.99 Å². The quantitative estimate of drug-likeness (QED) is 0.345. The van der Waals surface area contributed by atoms with Gasteiger partial charge < -0.3 is 19.8 Å². The van der Waals surface area contributed by atoms with Gasteiger partial charge in [-0.05, 0) is 37.8 Å². The number of fused-ring (bicyclic) bond motifs is 1. The summed E-state index contributed by atoms with van der Waals surface area (Å²) in [5, 5.41) is 24.4. The lowest BCUT2D eigenvalue weighted by Gasteiger charge is -2.23. The first kappa shape index (κ1) is 25.1. The molecule has 41 heavy (non-hydrogen) atoms. The van der Waals surface area contributed by atoms with Crippen LogP contribution in [0.3, 0.4) is 0 Å². The Balaban J connectivity index is 1.24. The first-order valence-electron chi connectivity index (χ1n) is 13.8. The summed E-state index contributed by atoms with van der Waals surface area (Å²) in [7, 11) is 0. The van der Waals surface area contributed by atoms with Gasteiger partial charge in [0.15, 0.2) is 0 Å². The van der Waals surface area contributed by atoms with Crippen molar-refractivity contribution in [2.75, 3.05) is 23.8 Å². The fourth-order valence-electron chi connectivity index (χ4n) is 5.44. The number of aromatic nitrogens is 3. The average Bonchev–Trinajstić information content (AvgIpc) is 3.79. The number of hydrogen-bond donors (Lipinski definition) is 2. The summed E-state index contributed by atoms with van der Waals surface area (Å²) in [4.78, 5) is 23.1. The largest absolute Gasteiger partial charge is 0.403 e. The molecule has 0 bridgehead atoms. The van der Waals surface area contributed by atoms with E-state index in [4.69, 9.17) is 19.1 Å². The number of rotatable bonds is 6. The van der Waals surface area contributed by atoms with E-state index in [-0.39, 0.29) is 23.7 Å². The number of hydrogen-bond acceptors (Lipinski definition) is 9. The molecule has 10 nitrogen and oxygen atoms in total. The summed E-state index contributed by atoms with van der Waals surface area (Å²) in [6.07, 6.45) is 2.72. The molecule has 0 spiro atoms. The molecule has 1 saturated heterocycles. The monoisotopic (exact) mass is 545 g/mol. The van der Waals surface area contributed by atoms with Crippen molar-refractivity contribution in [2.24, 2.45) is 4.99 Å². The first-order chi connectivity index (χ1) is 20.2. The van der Waals surface area contributed by atoms with Crippen molar-refractivity contribution in [2.45, 2.75) is 43.7 Å². The number of amides is 1. The second-order valence-electron chi connectivity index (χ2n) is 10.5. The number of nitriles is 1. The zero-order valence-electron chi connectivity index (χ0n) is 22.2. The van der Waals surface area contributed by atoms with Crippen LogP contribution in [0.2, 0.25) is 0 Å². The minimum atomic E-state index is -1.02. The highest BCUT2D eigenvalue weighted by Crippen LogP contribution is 2.43. The fourth-order valence-corrected chi connectivity index (χ4v) is 5.44. The smallest absolute Gasteiger partial charge is 0.317 e. The summed E-state index contributed by atoms with van der Waals surface area (Å²) in [6.45, 7) is 1.31. The molecule has 204 valence electrons. The highest BCUT2D eigenvalue weighted by molar-refractivity contribution is 6.19. The number of nitrogens with one attached hydrogen (secondary N) is 2. The van der Waals surface area contributed by atoms with Crippen LogP contribution < -0.4 is 10.6 Å². The molecule has 1 amide bonds. The lowest BCUT2D eigenvalue weighted by Crippen LogP contribution is -2.32. The molecule has 4 aromatic rings. The molecule has 2 aromatic heterocycles. The Morgan fingerprint density at radius 3 is 2.44 bits per heavy atom. The van der Waals surface area contributed by atoms with E-state index in [0.29, 0.717) is 41.7 Å². The number of benzodiazepines with no additional fused rings is 1. The van der Waals surface area contributed by atoms with Gasteiger partial charge in [0.2, 0.25) is 6.17 Å². The Labute approximate surface area is 236 Å². The molecule has 10 heteroatoms. The molecule has 7 rings (SSSR count). The SMILES string of the molecule is N#Cc1cc(-c2nnc(NC3N=C(c4ccccc4)c4ccccc4NC3=O)o2)c(C2CCOCC2)nc1C1CC1. The summed E-state index contributed by atoms with van der Waals surface area (Å²) in [5.74, 6) is 0.376. The lowest BCUT2D eigenvalue weighted by atomic mass is 9.91. The first-order valence-corrected chi connectivity index (χ1v) is 13.8. The van der Waals surface area contributed by atoms with Crippen molar-refractivity contribution in [3.63, 3.8) is 0 Å². The average molecular weight is 546 g/mol. The molecule has 0 radical (unpaired) electrons. The van der Waals surface area contributed by atoms with Crippen LogP contribution in [0.25, 0.3) is 11.5 Å². The molecule has 1 aliphatic carbocycles. The maximum absolute atomic E-state index is 13.3. The van der Waals surface area contributed by atoms with Gasteiger partial charge in [0.25, 0.3) is 11.8 Å². The predicted octanol–water partition coefficient (Wildman–Crippen LogP) is 5.00. The molecule has 1 atom stereocenters. The fraction of sp³-hybridized carbons (Fsp3) is 0.290. The van der Waals surface area contributed by atoms with Crippen molar-refractivity contribution in [3.05, 3.63) is 88.7 Å². The zero-order chi connectivity index (χ0) is 27.8. The van der Waals surface area contributed by atoms with E-state index in [1.165, 1.54) is 0 Å². The third kappa shape index (κ3) is 4.96. The maximum Gasteiger partial charge on any atom is 0.317 e. The molecule has 1 saturated carbocycles. The van der Waals surface area contributed by atoms with E-state index >= 15 is 0 Å². The van der Waals surface area contributed by atoms with E-state index in [1.54, 1.807) is 0 Å². The summed E-state index contributed by atoms with van der Waals surface area (Å²) in [6, 6.07) is 21.4. The van der Waals surface area contributed by atoms with Crippen molar-refractivity contribution in [1.82, 2.24) is 15.2 Å². The van der Waals surface area contributed by atoms with Crippen molar-refractivity contribution in [3.8, 4) is 17.5 Å². The van der Waals surface area contributed by atoms with E-state index in [1.807, 2.05) is 60.7 Å². The molecule has 2 N–H and O–H groups in total. The van der Waals surface area contributed by atoms with E-state index in [2.05, 4.69) is 26.9 Å². The van der Waals surface area contributed by atoms with Crippen LogP contribution in [-0.2, 0) is 9.53 Å². The molecule has 1 unspecified atom stereocenters. The van der Waals surface area contributed by atoms with Gasteiger partial charge in [0, 0.05) is 36.2 Å². The number of aliphatic imine (C=N–C) groups is 1. The minimum absolute atomic E-state index is 0.0463. The van der Waals surface area contributed by atoms with Gasteiger partial charge in [0.1, 0.15) is 6.07 Å². The van der Waals surface area contributed by atoms with Gasteiger partial charge in [-0.15, -0.1) is 5.10 Å². The van der Waals surface area contributed by atoms with Crippen LogP contribution in [0.15, 0.2) is 70.1 Å². The summed E-state index contributed by atoms with van der Waals surface area (Å²) in [5.41, 5.74) is 5.91. The Hall–Kier alpha value is -4.88. The molecule has 2 aliphatic heterocycles. The van der Waals surface area contributed by atoms with Gasteiger partial charge in [-0.2, -0.15) is 5.26 Å². The number of benzene rings is 2. The van der Waals surface area contributed by atoms with Crippen molar-refractivity contribution in [1.29, 1.82) is 5.26 Å². The molecular weight excluding hydrogens is 518 g/mol. The summed E-state index contributed by atoms with van der Waals surface area (Å²) >= 11 is 0. The third-order valence-electron chi connectivity index (χ3n) is 7.68. The number of anilines is 2. The lowest BCUT2D eigenvalue weighted by molar-refractivity contribution is -0.116. The van der Waals surface area contributed by atoms with Gasteiger partial charge in [-0.3, -0.25) is 9.78 Å². The number of pyridine rings is 1. The highest BCUT2D eigenvalue weighted by atomic mass is 16.5. The number of nitrogens with zero attached hydrogens (tertiary/aromatic N) is 5. The maximum atomic E-state index is 13.3. The molecule has 3 aliphatic rings. The van der Waals surface area contributed by atoms with Crippen LogP contribution in [-0.4, -0.2) is 46.2 Å². The molecule has 4 heterocycles. The van der Waals surface area contributed by atoms with Crippen molar-refractivity contribution < 1.29 is 13.9 Å². The van der Waals surface area contributed by atoms with Gasteiger partial charge >= 0.3 is 6.01 Å². The van der Waals surface area contributed by atoms with E-state index in [9.17, 15) is 10.1 Å². The van der Waals surface area contributed by atoms with E-state index in [0.717, 1.165) is 48.2 Å². The van der Waals surface area contributed by atoms with Crippen molar-refractivity contribution >= 4 is 23.3 Å². The Morgan fingerprint density at radius 1 is 0.902 bits per heavy atom. The number of carbonyl (C=O) groups excluding carboxylic acids is 1. The molecule has 2 aromatic carbocycles. The standard InChI is InChI=1S/C31H27N7O3/c32-17-21-16-23(27(20-12-14-40-15-13-20)34-25(21)19-10-11-19)30-37-38-31(41-30)36-28-29(39)33-24-9-5-4-8-22(24)26(35-28)18-6-2-1-3-7-18/h1-9,16,19-20,28H,10-15H2,(H,33,39)(H,36,38). The highest BCUT2D eigenvalue weighted by Gasteiger charge is 2.33. The predicted molar refractivity (Wildman–Crippen MR) is 152 cm³/mol. The van der Waals surface area contributed by atoms with Crippen LogP contribution in [0.5, 0.6) is 0 Å². The van der Waals surface area contributed by atoms with Crippen LogP contribution in [0, 0.1) is 11.3 Å². The number of carbonyl (C=O) groups is 1. The minimum Gasteiger partial charge on any atom is -0.403 e. The van der Waals surface area contributed by atoms with Crippen LogP contribution in [0.4, 0.5) is 11.7 Å².